The van der Waals surface area contributed by atoms with Crippen molar-refractivity contribution in [1.29, 1.82) is 0 Å². The quantitative estimate of drug-likeness (QED) is 0.907. The summed E-state index contributed by atoms with van der Waals surface area (Å²) >= 11 is 0. The third kappa shape index (κ3) is 4.27. The molecule has 2 fully saturated rings. The molecule has 2 aliphatic rings. The number of piperazine rings is 1. The Bertz CT molecular complexity index is 423. The van der Waals surface area contributed by atoms with Gasteiger partial charge in [0.05, 0.1) is 0 Å². The highest BCUT2D eigenvalue weighted by Gasteiger charge is 2.31. The fourth-order valence-electron chi connectivity index (χ4n) is 3.33. The van der Waals surface area contributed by atoms with E-state index >= 15 is 0 Å². The largest absolute Gasteiger partial charge is 0.381 e. The zero-order valence-electron chi connectivity index (χ0n) is 12.8. The van der Waals surface area contributed by atoms with Gasteiger partial charge in [0, 0.05) is 58.0 Å². The Kier molecular flexibility index (Phi) is 4.91. The van der Waals surface area contributed by atoms with Crippen LogP contribution in [-0.2, 0) is 11.3 Å². The lowest BCUT2D eigenvalue weighted by Crippen LogP contribution is -2.57. The molecule has 21 heavy (non-hydrogen) atoms. The predicted molar refractivity (Wildman–Crippen MR) is 85.1 cm³/mol. The highest BCUT2D eigenvalue weighted by Crippen LogP contribution is 2.20. The molecule has 0 bridgehead atoms. The molecule has 0 atom stereocenters. The van der Waals surface area contributed by atoms with Crippen molar-refractivity contribution in [2.24, 2.45) is 5.73 Å². The van der Waals surface area contributed by atoms with Gasteiger partial charge in [0.15, 0.2) is 0 Å². The topological polar surface area (TPSA) is 41.7 Å². The fraction of sp³-hybridized carbons (Fsp3) is 0.647. The highest BCUT2D eigenvalue weighted by atomic mass is 16.5. The first kappa shape index (κ1) is 15.0. The molecule has 3 rings (SSSR count). The molecular formula is C17H27N3O. The first-order chi connectivity index (χ1) is 10.2. The Balaban J connectivity index is 1.44. The van der Waals surface area contributed by atoms with Crippen LogP contribution >= 0.6 is 0 Å². The Labute approximate surface area is 127 Å². The van der Waals surface area contributed by atoms with Crippen molar-refractivity contribution in [2.75, 3.05) is 45.9 Å². The lowest BCUT2D eigenvalue weighted by molar-refractivity contribution is 0.0274. The minimum absolute atomic E-state index is 0.0279. The molecule has 0 aromatic heterocycles. The molecule has 2 heterocycles. The van der Waals surface area contributed by atoms with Gasteiger partial charge in [-0.15, -0.1) is 0 Å². The third-order valence-corrected chi connectivity index (χ3v) is 4.74. The lowest BCUT2D eigenvalue weighted by atomic mass is 9.90. The van der Waals surface area contributed by atoms with Gasteiger partial charge >= 0.3 is 0 Å². The Morgan fingerprint density at radius 2 is 1.57 bits per heavy atom. The van der Waals surface area contributed by atoms with E-state index in [9.17, 15) is 0 Å². The van der Waals surface area contributed by atoms with Gasteiger partial charge in [-0.2, -0.15) is 0 Å². The molecule has 0 spiro atoms. The summed E-state index contributed by atoms with van der Waals surface area (Å²) < 4.78 is 5.43. The molecule has 1 aromatic rings. The van der Waals surface area contributed by atoms with E-state index in [2.05, 4.69) is 40.1 Å². The highest BCUT2D eigenvalue weighted by molar-refractivity contribution is 5.14. The number of hydrogen-bond donors (Lipinski definition) is 1. The van der Waals surface area contributed by atoms with E-state index in [1.807, 2.05) is 0 Å². The van der Waals surface area contributed by atoms with Crippen LogP contribution in [0, 0.1) is 0 Å². The summed E-state index contributed by atoms with van der Waals surface area (Å²) in [6.45, 7) is 8.28. The monoisotopic (exact) mass is 289 g/mol. The summed E-state index contributed by atoms with van der Waals surface area (Å²) in [6, 6.07) is 10.7. The maximum atomic E-state index is 6.51. The van der Waals surface area contributed by atoms with Crippen LogP contribution in [0.3, 0.4) is 0 Å². The Morgan fingerprint density at radius 1 is 0.952 bits per heavy atom. The number of ether oxygens (including phenoxy) is 1. The van der Waals surface area contributed by atoms with E-state index < -0.39 is 0 Å². The maximum absolute atomic E-state index is 6.51. The second kappa shape index (κ2) is 6.88. The van der Waals surface area contributed by atoms with Crippen molar-refractivity contribution in [3.63, 3.8) is 0 Å². The van der Waals surface area contributed by atoms with Crippen LogP contribution in [-0.4, -0.2) is 61.3 Å². The summed E-state index contributed by atoms with van der Waals surface area (Å²) in [6.07, 6.45) is 1.99. The van der Waals surface area contributed by atoms with E-state index in [1.165, 1.54) is 5.56 Å². The molecule has 0 aliphatic carbocycles. The average Bonchev–Trinajstić information content (AvgIpc) is 2.51. The van der Waals surface area contributed by atoms with Crippen LogP contribution in [0.1, 0.15) is 18.4 Å². The van der Waals surface area contributed by atoms with E-state index in [0.29, 0.717) is 0 Å². The number of hydrogen-bond acceptors (Lipinski definition) is 4. The lowest BCUT2D eigenvalue weighted by Gasteiger charge is -2.41. The predicted octanol–water partition coefficient (Wildman–Crippen LogP) is 1.31. The Hall–Kier alpha value is -0.940. The van der Waals surface area contributed by atoms with Crippen LogP contribution in [0.15, 0.2) is 30.3 Å². The minimum atomic E-state index is -0.0279. The zero-order chi connectivity index (χ0) is 14.5. The molecule has 2 saturated heterocycles. The maximum Gasteiger partial charge on any atom is 0.0484 e. The molecule has 4 heteroatoms. The molecule has 0 amide bonds. The van der Waals surface area contributed by atoms with Crippen LogP contribution in [0.5, 0.6) is 0 Å². The van der Waals surface area contributed by atoms with E-state index in [4.69, 9.17) is 10.5 Å². The molecule has 0 radical (unpaired) electrons. The summed E-state index contributed by atoms with van der Waals surface area (Å²) in [4.78, 5) is 5.08. The standard InChI is InChI=1S/C17H27N3O/c18-17(6-12-21-13-7-17)15-20-10-8-19(9-11-20)14-16-4-2-1-3-5-16/h1-5H,6-15,18H2. The fourth-order valence-corrected chi connectivity index (χ4v) is 3.33. The SMILES string of the molecule is NC1(CN2CCN(Cc3ccccc3)CC2)CCOCC1. The normalized spacial score (nSPS) is 24.0. The van der Waals surface area contributed by atoms with Gasteiger partial charge in [-0.3, -0.25) is 9.80 Å². The van der Waals surface area contributed by atoms with Crippen molar-refractivity contribution in [2.45, 2.75) is 24.9 Å². The molecule has 0 saturated carbocycles. The first-order valence-corrected chi connectivity index (χ1v) is 8.09. The molecular weight excluding hydrogens is 262 g/mol. The number of benzene rings is 1. The molecule has 0 unspecified atom stereocenters. The summed E-state index contributed by atoms with van der Waals surface area (Å²) in [5, 5.41) is 0. The van der Waals surface area contributed by atoms with Gasteiger partial charge in [0.2, 0.25) is 0 Å². The molecule has 2 aliphatic heterocycles. The number of nitrogens with zero attached hydrogens (tertiary/aromatic N) is 2. The van der Waals surface area contributed by atoms with Gasteiger partial charge < -0.3 is 10.5 Å². The van der Waals surface area contributed by atoms with Gasteiger partial charge in [-0.1, -0.05) is 30.3 Å². The zero-order valence-corrected chi connectivity index (χ0v) is 12.8. The van der Waals surface area contributed by atoms with Gasteiger partial charge in [-0.05, 0) is 18.4 Å². The van der Waals surface area contributed by atoms with Crippen LogP contribution in [0.4, 0.5) is 0 Å². The number of nitrogens with two attached hydrogens (primary N) is 1. The van der Waals surface area contributed by atoms with Crippen LogP contribution in [0.2, 0.25) is 0 Å². The first-order valence-electron chi connectivity index (χ1n) is 8.09. The van der Waals surface area contributed by atoms with Crippen LogP contribution < -0.4 is 5.73 Å². The molecule has 1 aromatic carbocycles. The van der Waals surface area contributed by atoms with Crippen molar-refractivity contribution < 1.29 is 4.74 Å². The van der Waals surface area contributed by atoms with Gasteiger partial charge in [-0.25, -0.2) is 0 Å². The van der Waals surface area contributed by atoms with Crippen molar-refractivity contribution in [3.8, 4) is 0 Å². The number of rotatable bonds is 4. The van der Waals surface area contributed by atoms with E-state index in [-0.39, 0.29) is 5.54 Å². The minimum Gasteiger partial charge on any atom is -0.381 e. The second-order valence-corrected chi connectivity index (χ2v) is 6.51. The van der Waals surface area contributed by atoms with Gasteiger partial charge in [0.1, 0.15) is 0 Å². The van der Waals surface area contributed by atoms with Crippen LogP contribution in [0.25, 0.3) is 0 Å². The molecule has 2 N–H and O–H groups in total. The van der Waals surface area contributed by atoms with Crippen molar-refractivity contribution in [3.05, 3.63) is 35.9 Å². The summed E-state index contributed by atoms with van der Waals surface area (Å²) in [7, 11) is 0. The van der Waals surface area contributed by atoms with E-state index in [0.717, 1.165) is 65.3 Å². The van der Waals surface area contributed by atoms with Crippen molar-refractivity contribution in [1.82, 2.24) is 9.80 Å². The smallest absolute Gasteiger partial charge is 0.0484 e. The third-order valence-electron chi connectivity index (χ3n) is 4.74. The van der Waals surface area contributed by atoms with E-state index in [1.54, 1.807) is 0 Å². The van der Waals surface area contributed by atoms with Crippen molar-refractivity contribution >= 4 is 0 Å². The summed E-state index contributed by atoms with van der Waals surface area (Å²) in [5.41, 5.74) is 7.89. The molecule has 116 valence electrons. The van der Waals surface area contributed by atoms with Gasteiger partial charge in [0.25, 0.3) is 0 Å². The molecule has 4 nitrogen and oxygen atoms in total. The summed E-state index contributed by atoms with van der Waals surface area (Å²) in [5.74, 6) is 0. The average molecular weight is 289 g/mol. The Morgan fingerprint density at radius 3 is 2.24 bits per heavy atom. The second-order valence-electron chi connectivity index (χ2n) is 6.51.